The molecule has 3 heterocycles. The minimum atomic E-state index is -4.74. The van der Waals surface area contributed by atoms with Gasteiger partial charge in [-0.3, -0.25) is 9.09 Å². The fraction of sp³-hybridized carbons (Fsp3) is 0.500. The molecule has 2 unspecified atom stereocenters. The molecule has 13 nitrogen and oxygen atoms in total. The van der Waals surface area contributed by atoms with Crippen molar-refractivity contribution in [3.63, 3.8) is 0 Å². The van der Waals surface area contributed by atoms with E-state index in [1.54, 1.807) is 0 Å². The van der Waals surface area contributed by atoms with E-state index in [0.717, 1.165) is 0 Å². The molecule has 1 aliphatic rings. The molecule has 14 heteroatoms. The molecule has 4 atom stereocenters. The molecule has 2 aromatic rings. The summed E-state index contributed by atoms with van der Waals surface area (Å²) in [7, 11) is -4.74. The predicted molar refractivity (Wildman–Crippen MR) is 78.1 cm³/mol. The van der Waals surface area contributed by atoms with Crippen LogP contribution in [-0.4, -0.2) is 64.4 Å². The quantitative estimate of drug-likeness (QED) is 0.317. The van der Waals surface area contributed by atoms with E-state index in [2.05, 4.69) is 19.5 Å². The average molecular weight is 362 g/mol. The SMILES string of the molecule is Nc1nc(N)c2ncn([C@@H]3O[C@H](COP(=O)(O)O)C(O)C3O)c2n1. The number of nitrogens with zero attached hydrogens (tertiary/aromatic N) is 4. The smallest absolute Gasteiger partial charge is 0.387 e. The lowest BCUT2D eigenvalue weighted by Crippen LogP contribution is -2.33. The van der Waals surface area contributed by atoms with Crippen LogP contribution < -0.4 is 11.5 Å². The summed E-state index contributed by atoms with van der Waals surface area (Å²) in [4.78, 5) is 29.2. The van der Waals surface area contributed by atoms with Crippen molar-refractivity contribution in [1.29, 1.82) is 0 Å². The number of ether oxygens (including phenoxy) is 1. The number of hydrogen-bond acceptors (Lipinski definition) is 10. The monoisotopic (exact) mass is 362 g/mol. The molecule has 1 saturated heterocycles. The second kappa shape index (κ2) is 5.89. The summed E-state index contributed by atoms with van der Waals surface area (Å²) >= 11 is 0. The maximum absolute atomic E-state index is 10.7. The van der Waals surface area contributed by atoms with E-state index in [-0.39, 0.29) is 22.9 Å². The molecular formula is C10H15N6O7P. The third-order valence-corrected chi connectivity index (χ3v) is 3.97. The number of aromatic nitrogens is 4. The third kappa shape index (κ3) is 3.06. The standard InChI is InChI=1S/C10H15N6O7P/c11-7-4-8(15-10(12)14-7)16(2-13-4)9-6(18)5(17)3(23-9)1-22-24(19,20)21/h2-3,5-6,9,17-18H,1H2,(H2,19,20,21)(H4,11,12,14,15)/t3-,5?,6?,9-/m1/s1. The molecule has 1 aliphatic heterocycles. The Labute approximate surface area is 134 Å². The highest BCUT2D eigenvalue weighted by molar-refractivity contribution is 7.46. The molecule has 24 heavy (non-hydrogen) atoms. The first-order chi connectivity index (χ1) is 11.2. The number of phosphoric ester groups is 1. The summed E-state index contributed by atoms with van der Waals surface area (Å²) in [5.41, 5.74) is 11.6. The van der Waals surface area contributed by atoms with Crippen LogP contribution >= 0.6 is 7.82 Å². The van der Waals surface area contributed by atoms with Crippen molar-refractivity contribution in [3.05, 3.63) is 6.33 Å². The molecule has 0 spiro atoms. The average Bonchev–Trinajstić information content (AvgIpc) is 3.00. The van der Waals surface area contributed by atoms with Gasteiger partial charge in [0.05, 0.1) is 12.9 Å². The minimum Gasteiger partial charge on any atom is -0.387 e. The van der Waals surface area contributed by atoms with E-state index < -0.39 is 39.0 Å². The zero-order chi connectivity index (χ0) is 17.6. The Morgan fingerprint density at radius 3 is 2.67 bits per heavy atom. The van der Waals surface area contributed by atoms with Crippen molar-refractivity contribution in [2.24, 2.45) is 0 Å². The first-order valence-electron chi connectivity index (χ1n) is 6.64. The molecule has 0 bridgehead atoms. The summed E-state index contributed by atoms with van der Waals surface area (Å²) in [5.74, 6) is -0.0816. The van der Waals surface area contributed by atoms with Crippen molar-refractivity contribution in [1.82, 2.24) is 19.5 Å². The Bertz CT molecular complexity index is 808. The highest BCUT2D eigenvalue weighted by Gasteiger charge is 2.45. The van der Waals surface area contributed by atoms with Gasteiger partial charge < -0.3 is 36.2 Å². The highest BCUT2D eigenvalue weighted by atomic mass is 31.2. The molecule has 8 N–H and O–H groups in total. The number of aliphatic hydroxyl groups is 2. The summed E-state index contributed by atoms with van der Waals surface area (Å²) in [5, 5.41) is 20.1. The lowest BCUT2D eigenvalue weighted by atomic mass is 10.1. The minimum absolute atomic E-state index is 0.0330. The summed E-state index contributed by atoms with van der Waals surface area (Å²) < 4.78 is 21.8. The van der Waals surface area contributed by atoms with Crippen LogP contribution in [-0.2, 0) is 13.8 Å². The fourth-order valence-corrected chi connectivity index (χ4v) is 2.75. The number of nitrogens with two attached hydrogens (primary N) is 2. The lowest BCUT2D eigenvalue weighted by molar-refractivity contribution is -0.0503. The highest BCUT2D eigenvalue weighted by Crippen LogP contribution is 2.38. The molecule has 3 rings (SSSR count). The number of rotatable bonds is 4. The van der Waals surface area contributed by atoms with Gasteiger partial charge in [0.2, 0.25) is 5.95 Å². The van der Waals surface area contributed by atoms with Crippen LogP contribution in [0.1, 0.15) is 6.23 Å². The van der Waals surface area contributed by atoms with Crippen LogP contribution in [0.15, 0.2) is 6.33 Å². The Morgan fingerprint density at radius 1 is 1.29 bits per heavy atom. The van der Waals surface area contributed by atoms with Gasteiger partial charge in [-0.2, -0.15) is 9.97 Å². The number of imidazole rings is 1. The Hall–Kier alpha value is -1.86. The molecule has 0 amide bonds. The third-order valence-electron chi connectivity index (χ3n) is 3.48. The van der Waals surface area contributed by atoms with Gasteiger partial charge in [-0.05, 0) is 0 Å². The van der Waals surface area contributed by atoms with Gasteiger partial charge in [0.15, 0.2) is 17.7 Å². The van der Waals surface area contributed by atoms with Crippen molar-refractivity contribution in [2.75, 3.05) is 18.1 Å². The lowest BCUT2D eigenvalue weighted by Gasteiger charge is -2.16. The van der Waals surface area contributed by atoms with Crippen LogP contribution in [0.25, 0.3) is 11.2 Å². The molecule has 0 saturated carbocycles. The summed E-state index contributed by atoms with van der Waals surface area (Å²) in [6.45, 7) is -0.620. The fourth-order valence-electron chi connectivity index (χ4n) is 2.41. The van der Waals surface area contributed by atoms with Crippen molar-refractivity contribution in [3.8, 4) is 0 Å². The van der Waals surface area contributed by atoms with E-state index in [4.69, 9.17) is 26.0 Å². The zero-order valence-electron chi connectivity index (χ0n) is 12.0. The van der Waals surface area contributed by atoms with Gasteiger partial charge in [-0.15, -0.1) is 0 Å². The first-order valence-corrected chi connectivity index (χ1v) is 8.17. The number of hydrogen-bond donors (Lipinski definition) is 6. The van der Waals surface area contributed by atoms with Crippen LogP contribution in [0.5, 0.6) is 0 Å². The van der Waals surface area contributed by atoms with Crippen LogP contribution in [0.2, 0.25) is 0 Å². The Balaban J connectivity index is 1.89. The zero-order valence-corrected chi connectivity index (χ0v) is 12.9. The Morgan fingerprint density at radius 2 is 2.00 bits per heavy atom. The summed E-state index contributed by atoms with van der Waals surface area (Å²) in [6.07, 6.45) is -3.92. The van der Waals surface area contributed by atoms with Crippen LogP contribution in [0, 0.1) is 0 Å². The van der Waals surface area contributed by atoms with Gasteiger partial charge in [0, 0.05) is 0 Å². The summed E-state index contributed by atoms with van der Waals surface area (Å²) in [6, 6.07) is 0. The van der Waals surface area contributed by atoms with Crippen molar-refractivity contribution >= 4 is 30.8 Å². The van der Waals surface area contributed by atoms with E-state index in [1.807, 2.05) is 0 Å². The number of phosphoric acid groups is 1. The number of anilines is 2. The van der Waals surface area contributed by atoms with Gasteiger partial charge in [0.25, 0.3) is 0 Å². The molecule has 0 aliphatic carbocycles. The van der Waals surface area contributed by atoms with Gasteiger partial charge in [-0.25, -0.2) is 9.55 Å². The maximum Gasteiger partial charge on any atom is 0.469 e. The number of nitrogen functional groups attached to an aromatic ring is 2. The first kappa shape index (κ1) is 17.0. The predicted octanol–water partition coefficient (Wildman–Crippen LogP) is -2.28. The molecule has 0 radical (unpaired) electrons. The largest absolute Gasteiger partial charge is 0.469 e. The molecular weight excluding hydrogens is 347 g/mol. The molecule has 0 aromatic carbocycles. The van der Waals surface area contributed by atoms with E-state index in [9.17, 15) is 14.8 Å². The van der Waals surface area contributed by atoms with Gasteiger partial charge in [0.1, 0.15) is 23.8 Å². The maximum atomic E-state index is 10.7. The van der Waals surface area contributed by atoms with E-state index in [1.165, 1.54) is 10.9 Å². The van der Waals surface area contributed by atoms with Gasteiger partial charge >= 0.3 is 7.82 Å². The normalized spacial score (nSPS) is 27.8. The second-order valence-electron chi connectivity index (χ2n) is 5.12. The van der Waals surface area contributed by atoms with Crippen LogP contribution in [0.4, 0.5) is 11.8 Å². The Kier molecular flexibility index (Phi) is 4.17. The second-order valence-corrected chi connectivity index (χ2v) is 6.36. The molecule has 1 fully saturated rings. The number of fused-ring (bicyclic) bond motifs is 1. The van der Waals surface area contributed by atoms with Crippen molar-refractivity contribution < 1.29 is 33.8 Å². The van der Waals surface area contributed by atoms with Crippen LogP contribution in [0.3, 0.4) is 0 Å². The van der Waals surface area contributed by atoms with Crippen molar-refractivity contribution in [2.45, 2.75) is 24.5 Å². The molecule has 132 valence electrons. The van der Waals surface area contributed by atoms with E-state index >= 15 is 0 Å². The number of aliphatic hydroxyl groups excluding tert-OH is 2. The topological polar surface area (TPSA) is 212 Å². The van der Waals surface area contributed by atoms with Gasteiger partial charge in [-0.1, -0.05) is 0 Å². The van der Waals surface area contributed by atoms with E-state index in [0.29, 0.717) is 0 Å². The molecule has 2 aromatic heterocycles.